The predicted molar refractivity (Wildman–Crippen MR) is 54.2 cm³/mol. The summed E-state index contributed by atoms with van der Waals surface area (Å²) in [6.07, 6.45) is 2.04. The maximum atomic E-state index is 9.68. The molecule has 0 spiro atoms. The maximum Gasteiger partial charge on any atom is 0.0594 e. The normalized spacial score (nSPS) is 16.2. The Balaban J connectivity index is 4.20. The minimum absolute atomic E-state index is 0.314. The SMILES string of the molecule is CC[C@@H](CC(C)(C)O)C(C)(C)C. The second-order valence-electron chi connectivity index (χ2n) is 5.49. The van der Waals surface area contributed by atoms with Crippen molar-refractivity contribution >= 4 is 0 Å². The highest BCUT2D eigenvalue weighted by Crippen LogP contribution is 2.34. The molecule has 0 rings (SSSR count). The van der Waals surface area contributed by atoms with Gasteiger partial charge in [0.15, 0.2) is 0 Å². The second kappa shape index (κ2) is 3.78. The molecule has 0 aliphatic heterocycles. The van der Waals surface area contributed by atoms with Gasteiger partial charge in [0.1, 0.15) is 0 Å². The zero-order valence-electron chi connectivity index (χ0n) is 9.44. The number of aliphatic hydroxyl groups is 1. The number of hydrogen-bond acceptors (Lipinski definition) is 1. The second-order valence-corrected chi connectivity index (χ2v) is 5.49. The Morgan fingerprint density at radius 1 is 1.08 bits per heavy atom. The minimum atomic E-state index is -0.520. The smallest absolute Gasteiger partial charge is 0.0594 e. The first-order valence-electron chi connectivity index (χ1n) is 4.89. The van der Waals surface area contributed by atoms with Crippen molar-refractivity contribution in [3.05, 3.63) is 0 Å². The molecule has 1 N–H and O–H groups in total. The van der Waals surface area contributed by atoms with Gasteiger partial charge in [-0.25, -0.2) is 0 Å². The van der Waals surface area contributed by atoms with E-state index in [1.54, 1.807) is 0 Å². The Kier molecular flexibility index (Phi) is 3.77. The first-order chi connectivity index (χ1) is 5.17. The van der Waals surface area contributed by atoms with Crippen LogP contribution < -0.4 is 0 Å². The van der Waals surface area contributed by atoms with E-state index in [4.69, 9.17) is 0 Å². The van der Waals surface area contributed by atoms with E-state index >= 15 is 0 Å². The molecular formula is C11H24O. The highest BCUT2D eigenvalue weighted by atomic mass is 16.3. The van der Waals surface area contributed by atoms with E-state index in [2.05, 4.69) is 27.7 Å². The number of rotatable bonds is 3. The van der Waals surface area contributed by atoms with Crippen LogP contribution in [0.15, 0.2) is 0 Å². The first kappa shape index (κ1) is 12.0. The topological polar surface area (TPSA) is 20.2 Å². The Bertz CT molecular complexity index is 125. The summed E-state index contributed by atoms with van der Waals surface area (Å²) in [7, 11) is 0. The van der Waals surface area contributed by atoms with Crippen molar-refractivity contribution in [3.8, 4) is 0 Å². The van der Waals surface area contributed by atoms with Crippen molar-refractivity contribution < 1.29 is 5.11 Å². The van der Waals surface area contributed by atoms with E-state index in [1.807, 2.05) is 13.8 Å². The molecule has 0 heterocycles. The third-order valence-electron chi connectivity index (χ3n) is 2.46. The fourth-order valence-corrected chi connectivity index (χ4v) is 1.67. The Labute approximate surface area is 77.2 Å². The minimum Gasteiger partial charge on any atom is -0.390 e. The molecule has 0 saturated heterocycles. The summed E-state index contributed by atoms with van der Waals surface area (Å²) in [5, 5.41) is 9.68. The van der Waals surface area contributed by atoms with Crippen LogP contribution in [-0.4, -0.2) is 10.7 Å². The molecule has 0 unspecified atom stereocenters. The fraction of sp³-hybridized carbons (Fsp3) is 1.00. The largest absolute Gasteiger partial charge is 0.390 e. The van der Waals surface area contributed by atoms with Gasteiger partial charge in [-0.1, -0.05) is 34.1 Å². The van der Waals surface area contributed by atoms with Crippen molar-refractivity contribution in [3.63, 3.8) is 0 Å². The lowest BCUT2D eigenvalue weighted by atomic mass is 9.74. The van der Waals surface area contributed by atoms with Crippen molar-refractivity contribution in [2.75, 3.05) is 0 Å². The standard InChI is InChI=1S/C11H24O/c1-7-9(10(2,3)4)8-11(5,6)12/h9,12H,7-8H2,1-6H3/t9-/m0/s1. The van der Waals surface area contributed by atoms with E-state index in [0.29, 0.717) is 11.3 Å². The summed E-state index contributed by atoms with van der Waals surface area (Å²) in [6.45, 7) is 12.7. The Hall–Kier alpha value is -0.0400. The zero-order valence-corrected chi connectivity index (χ0v) is 9.44. The summed E-state index contributed by atoms with van der Waals surface area (Å²) in [4.78, 5) is 0. The van der Waals surface area contributed by atoms with Crippen molar-refractivity contribution in [2.45, 2.75) is 60.0 Å². The van der Waals surface area contributed by atoms with Gasteiger partial charge >= 0.3 is 0 Å². The van der Waals surface area contributed by atoms with Crippen LogP contribution in [0.5, 0.6) is 0 Å². The van der Waals surface area contributed by atoms with Crippen LogP contribution >= 0.6 is 0 Å². The van der Waals surface area contributed by atoms with Crippen molar-refractivity contribution in [1.29, 1.82) is 0 Å². The third-order valence-corrected chi connectivity index (χ3v) is 2.46. The lowest BCUT2D eigenvalue weighted by Gasteiger charge is -2.34. The highest BCUT2D eigenvalue weighted by molar-refractivity contribution is 4.79. The molecule has 0 aliphatic rings. The quantitative estimate of drug-likeness (QED) is 0.693. The fourth-order valence-electron chi connectivity index (χ4n) is 1.67. The third kappa shape index (κ3) is 4.76. The zero-order chi connectivity index (χ0) is 9.99. The number of hydrogen-bond donors (Lipinski definition) is 1. The van der Waals surface area contributed by atoms with Gasteiger partial charge in [-0.15, -0.1) is 0 Å². The van der Waals surface area contributed by atoms with Gasteiger partial charge in [0.25, 0.3) is 0 Å². The molecular weight excluding hydrogens is 148 g/mol. The molecule has 12 heavy (non-hydrogen) atoms. The van der Waals surface area contributed by atoms with E-state index in [-0.39, 0.29) is 0 Å². The molecule has 0 fully saturated rings. The van der Waals surface area contributed by atoms with Crippen LogP contribution in [0, 0.1) is 11.3 Å². The monoisotopic (exact) mass is 172 g/mol. The van der Waals surface area contributed by atoms with Crippen molar-refractivity contribution in [2.24, 2.45) is 11.3 Å². The molecule has 0 aromatic heterocycles. The molecule has 0 aliphatic carbocycles. The lowest BCUT2D eigenvalue weighted by Crippen LogP contribution is -2.30. The average Bonchev–Trinajstić information content (AvgIpc) is 1.78. The van der Waals surface area contributed by atoms with Crippen LogP contribution in [0.2, 0.25) is 0 Å². The highest BCUT2D eigenvalue weighted by Gasteiger charge is 2.28. The average molecular weight is 172 g/mol. The molecule has 0 aromatic carbocycles. The van der Waals surface area contributed by atoms with E-state index in [1.165, 1.54) is 0 Å². The van der Waals surface area contributed by atoms with Gasteiger partial charge in [-0.05, 0) is 31.6 Å². The van der Waals surface area contributed by atoms with Crippen LogP contribution in [0.1, 0.15) is 54.4 Å². The van der Waals surface area contributed by atoms with Gasteiger partial charge < -0.3 is 5.11 Å². The van der Waals surface area contributed by atoms with E-state index in [9.17, 15) is 5.11 Å². The molecule has 0 amide bonds. The summed E-state index contributed by atoms with van der Waals surface area (Å²) in [6, 6.07) is 0. The van der Waals surface area contributed by atoms with Gasteiger partial charge in [0, 0.05) is 0 Å². The van der Waals surface area contributed by atoms with Crippen LogP contribution in [0.4, 0.5) is 0 Å². The molecule has 1 heteroatoms. The predicted octanol–water partition coefficient (Wildman–Crippen LogP) is 3.22. The summed E-state index contributed by atoms with van der Waals surface area (Å²) < 4.78 is 0. The van der Waals surface area contributed by atoms with Crippen LogP contribution in [0.3, 0.4) is 0 Å². The van der Waals surface area contributed by atoms with Crippen LogP contribution in [0.25, 0.3) is 0 Å². The lowest BCUT2D eigenvalue weighted by molar-refractivity contribution is 0.0278. The van der Waals surface area contributed by atoms with Gasteiger partial charge in [0.05, 0.1) is 5.60 Å². The Morgan fingerprint density at radius 3 is 1.58 bits per heavy atom. The van der Waals surface area contributed by atoms with E-state index in [0.717, 1.165) is 12.8 Å². The maximum absolute atomic E-state index is 9.68. The Morgan fingerprint density at radius 2 is 1.50 bits per heavy atom. The molecule has 1 nitrogen and oxygen atoms in total. The molecule has 0 saturated carbocycles. The molecule has 0 radical (unpaired) electrons. The van der Waals surface area contributed by atoms with Crippen LogP contribution in [-0.2, 0) is 0 Å². The van der Waals surface area contributed by atoms with Gasteiger partial charge in [-0.2, -0.15) is 0 Å². The molecule has 0 bridgehead atoms. The summed E-state index contributed by atoms with van der Waals surface area (Å²) >= 11 is 0. The van der Waals surface area contributed by atoms with Gasteiger partial charge in [0.2, 0.25) is 0 Å². The van der Waals surface area contributed by atoms with E-state index < -0.39 is 5.60 Å². The van der Waals surface area contributed by atoms with Gasteiger partial charge in [-0.3, -0.25) is 0 Å². The first-order valence-corrected chi connectivity index (χ1v) is 4.89. The molecule has 1 atom stereocenters. The van der Waals surface area contributed by atoms with Crippen molar-refractivity contribution in [1.82, 2.24) is 0 Å². The molecule has 74 valence electrons. The molecule has 0 aromatic rings. The summed E-state index contributed by atoms with van der Waals surface area (Å²) in [5.74, 6) is 0.609. The summed E-state index contributed by atoms with van der Waals surface area (Å²) in [5.41, 5.74) is -0.206.